The van der Waals surface area contributed by atoms with Gasteiger partial charge in [-0.3, -0.25) is 19.7 Å². The van der Waals surface area contributed by atoms with E-state index in [9.17, 15) is 14.4 Å². The molecule has 11 heteroatoms. The van der Waals surface area contributed by atoms with Gasteiger partial charge in [0.15, 0.2) is 0 Å². The highest BCUT2D eigenvalue weighted by atomic mass is 16.6. The number of carbonyl (C=O) groups excluding carboxylic acids is 3. The van der Waals surface area contributed by atoms with Crippen molar-refractivity contribution in [2.24, 2.45) is 0 Å². The SMILES string of the molecule is O=C1CCC(N2Cc3c(CCCOCCOCCOCCOCCOCCO)cccc3C2=O)C(=O)N1. The first-order valence-electron chi connectivity index (χ1n) is 12.9. The summed E-state index contributed by atoms with van der Waals surface area (Å²) in [7, 11) is 0. The second kappa shape index (κ2) is 16.4. The maximum absolute atomic E-state index is 12.9. The van der Waals surface area contributed by atoms with E-state index in [4.69, 9.17) is 28.8 Å². The van der Waals surface area contributed by atoms with Crippen LogP contribution in [0.2, 0.25) is 0 Å². The number of hydrogen-bond donors (Lipinski definition) is 2. The molecular formula is C26H38N2O9. The van der Waals surface area contributed by atoms with E-state index in [1.54, 1.807) is 11.0 Å². The second-order valence-electron chi connectivity index (χ2n) is 8.73. The van der Waals surface area contributed by atoms with Crippen LogP contribution in [-0.2, 0) is 46.2 Å². The Balaban J connectivity index is 1.22. The van der Waals surface area contributed by atoms with Gasteiger partial charge in [-0.1, -0.05) is 12.1 Å². The van der Waals surface area contributed by atoms with E-state index in [0.29, 0.717) is 84.6 Å². The van der Waals surface area contributed by atoms with Gasteiger partial charge in [0.25, 0.3) is 5.91 Å². The zero-order chi connectivity index (χ0) is 26.3. The van der Waals surface area contributed by atoms with Crippen molar-refractivity contribution in [3.8, 4) is 0 Å². The number of nitrogens with one attached hydrogen (secondary N) is 1. The van der Waals surface area contributed by atoms with Gasteiger partial charge in [0.1, 0.15) is 6.04 Å². The largest absolute Gasteiger partial charge is 0.394 e. The Morgan fingerprint density at radius 2 is 1.43 bits per heavy atom. The molecule has 1 unspecified atom stereocenters. The highest BCUT2D eigenvalue weighted by Gasteiger charge is 2.39. The number of benzene rings is 1. The molecule has 11 nitrogen and oxygen atoms in total. The number of fused-ring (bicyclic) bond motifs is 1. The highest BCUT2D eigenvalue weighted by molar-refractivity contribution is 6.05. The monoisotopic (exact) mass is 522 g/mol. The third kappa shape index (κ3) is 9.44. The molecule has 0 spiro atoms. The van der Waals surface area contributed by atoms with Gasteiger partial charge in [-0.25, -0.2) is 0 Å². The lowest BCUT2D eigenvalue weighted by atomic mass is 10.00. The number of aliphatic hydroxyl groups is 1. The first-order chi connectivity index (χ1) is 18.1. The summed E-state index contributed by atoms with van der Waals surface area (Å²) in [5.74, 6) is -0.837. The lowest BCUT2D eigenvalue weighted by molar-refractivity contribution is -0.136. The van der Waals surface area contributed by atoms with Crippen LogP contribution in [0.5, 0.6) is 0 Å². The summed E-state index contributed by atoms with van der Waals surface area (Å²) in [5.41, 5.74) is 2.68. The Morgan fingerprint density at radius 3 is 2.03 bits per heavy atom. The summed E-state index contributed by atoms with van der Waals surface area (Å²) in [6.45, 7) is 5.15. The summed E-state index contributed by atoms with van der Waals surface area (Å²) in [4.78, 5) is 38.2. The molecular weight excluding hydrogens is 484 g/mol. The zero-order valence-electron chi connectivity index (χ0n) is 21.3. The molecule has 1 atom stereocenters. The predicted molar refractivity (Wildman–Crippen MR) is 132 cm³/mol. The van der Waals surface area contributed by atoms with Crippen LogP contribution in [0.4, 0.5) is 0 Å². The molecule has 2 aliphatic rings. The number of amides is 3. The Labute approximate surface area is 217 Å². The number of ether oxygens (including phenoxy) is 5. The molecule has 37 heavy (non-hydrogen) atoms. The fourth-order valence-corrected chi connectivity index (χ4v) is 4.29. The molecule has 1 aromatic carbocycles. The highest BCUT2D eigenvalue weighted by Crippen LogP contribution is 2.30. The van der Waals surface area contributed by atoms with Crippen LogP contribution in [0, 0.1) is 0 Å². The molecule has 2 aliphatic heterocycles. The number of hydrogen-bond acceptors (Lipinski definition) is 9. The number of rotatable bonds is 19. The number of nitrogens with zero attached hydrogens (tertiary/aromatic N) is 1. The Morgan fingerprint density at radius 1 is 0.838 bits per heavy atom. The van der Waals surface area contributed by atoms with E-state index in [-0.39, 0.29) is 24.8 Å². The normalized spacial score (nSPS) is 17.4. The molecule has 206 valence electrons. The molecule has 0 bridgehead atoms. The number of carbonyl (C=O) groups is 3. The topological polar surface area (TPSA) is 133 Å². The van der Waals surface area contributed by atoms with Crippen molar-refractivity contribution in [3.05, 3.63) is 34.9 Å². The Kier molecular flexibility index (Phi) is 12.9. The molecule has 0 saturated carbocycles. The summed E-state index contributed by atoms with van der Waals surface area (Å²) >= 11 is 0. The van der Waals surface area contributed by atoms with Gasteiger partial charge in [0.05, 0.1) is 66.1 Å². The molecule has 0 aliphatic carbocycles. The second-order valence-corrected chi connectivity index (χ2v) is 8.73. The van der Waals surface area contributed by atoms with Gasteiger partial charge in [-0.15, -0.1) is 0 Å². The zero-order valence-corrected chi connectivity index (χ0v) is 21.3. The van der Waals surface area contributed by atoms with E-state index in [1.165, 1.54) is 0 Å². The van der Waals surface area contributed by atoms with Crippen LogP contribution < -0.4 is 5.32 Å². The standard InChI is InChI=1S/C26H38N2O9/c29-8-10-34-12-14-36-16-18-37-17-15-35-13-11-33-9-2-4-20-3-1-5-21-22(20)19-28(26(21)32)23-6-7-24(30)27-25(23)31/h1,3,5,23,29H,2,4,6-19H2,(H,27,30,31). The molecule has 0 radical (unpaired) electrons. The average Bonchev–Trinajstić information content (AvgIpc) is 3.22. The molecule has 2 N–H and O–H groups in total. The Bertz CT molecular complexity index is 880. The number of imide groups is 1. The van der Waals surface area contributed by atoms with Crippen LogP contribution in [0.25, 0.3) is 0 Å². The smallest absolute Gasteiger partial charge is 0.255 e. The molecule has 1 aromatic rings. The van der Waals surface area contributed by atoms with Crippen molar-refractivity contribution in [2.75, 3.05) is 72.7 Å². The van der Waals surface area contributed by atoms with Gasteiger partial charge < -0.3 is 33.7 Å². The van der Waals surface area contributed by atoms with Crippen molar-refractivity contribution in [1.82, 2.24) is 10.2 Å². The summed E-state index contributed by atoms with van der Waals surface area (Å²) < 4.78 is 27.0. The van der Waals surface area contributed by atoms with E-state index in [2.05, 4.69) is 5.32 Å². The van der Waals surface area contributed by atoms with Crippen molar-refractivity contribution >= 4 is 17.7 Å². The molecule has 2 heterocycles. The van der Waals surface area contributed by atoms with Crippen molar-refractivity contribution in [2.45, 2.75) is 38.3 Å². The van der Waals surface area contributed by atoms with E-state index in [0.717, 1.165) is 24.0 Å². The number of piperidine rings is 1. The minimum atomic E-state index is -0.601. The molecule has 3 amide bonds. The van der Waals surface area contributed by atoms with Crippen LogP contribution in [0.1, 0.15) is 40.7 Å². The van der Waals surface area contributed by atoms with E-state index >= 15 is 0 Å². The van der Waals surface area contributed by atoms with Gasteiger partial charge >= 0.3 is 0 Å². The molecule has 0 aromatic heterocycles. The summed E-state index contributed by atoms with van der Waals surface area (Å²) in [6, 6.07) is 5.08. The van der Waals surface area contributed by atoms with Crippen LogP contribution >= 0.6 is 0 Å². The number of aliphatic hydroxyl groups excluding tert-OH is 1. The lowest BCUT2D eigenvalue weighted by Crippen LogP contribution is -2.52. The van der Waals surface area contributed by atoms with Crippen molar-refractivity contribution in [3.63, 3.8) is 0 Å². The summed E-state index contributed by atoms with van der Waals surface area (Å²) in [6.07, 6.45) is 2.18. The quantitative estimate of drug-likeness (QED) is 0.196. The fraction of sp³-hybridized carbons (Fsp3) is 0.654. The van der Waals surface area contributed by atoms with Gasteiger partial charge in [-0.2, -0.15) is 0 Å². The predicted octanol–water partition coefficient (Wildman–Crippen LogP) is 0.456. The van der Waals surface area contributed by atoms with E-state index in [1.807, 2.05) is 12.1 Å². The van der Waals surface area contributed by atoms with Gasteiger partial charge in [0, 0.05) is 25.1 Å². The molecule has 3 rings (SSSR count). The van der Waals surface area contributed by atoms with Crippen LogP contribution in [0.3, 0.4) is 0 Å². The van der Waals surface area contributed by atoms with E-state index < -0.39 is 11.9 Å². The maximum atomic E-state index is 12.9. The first-order valence-corrected chi connectivity index (χ1v) is 12.9. The third-order valence-corrected chi connectivity index (χ3v) is 6.14. The first kappa shape index (κ1) is 29.2. The Hall–Kier alpha value is -2.41. The maximum Gasteiger partial charge on any atom is 0.255 e. The minimum Gasteiger partial charge on any atom is -0.394 e. The van der Waals surface area contributed by atoms with Gasteiger partial charge in [0.2, 0.25) is 11.8 Å². The van der Waals surface area contributed by atoms with Crippen LogP contribution in [-0.4, -0.2) is 106 Å². The fourth-order valence-electron chi connectivity index (χ4n) is 4.29. The minimum absolute atomic E-state index is 0.0151. The summed E-state index contributed by atoms with van der Waals surface area (Å²) in [5, 5.41) is 10.9. The van der Waals surface area contributed by atoms with Crippen molar-refractivity contribution in [1.29, 1.82) is 0 Å². The van der Waals surface area contributed by atoms with Crippen molar-refractivity contribution < 1.29 is 43.2 Å². The lowest BCUT2D eigenvalue weighted by Gasteiger charge is -2.29. The average molecular weight is 523 g/mol. The molecule has 1 saturated heterocycles. The number of aryl methyl sites for hydroxylation is 1. The van der Waals surface area contributed by atoms with Crippen LogP contribution in [0.15, 0.2) is 18.2 Å². The van der Waals surface area contributed by atoms with Gasteiger partial charge in [-0.05, 0) is 36.5 Å². The molecule has 1 fully saturated rings. The third-order valence-electron chi connectivity index (χ3n) is 6.14.